The summed E-state index contributed by atoms with van der Waals surface area (Å²) in [5.74, 6) is -1.51. The first kappa shape index (κ1) is 83.2. The number of alkyl carbamates (subject to hydrolysis) is 1. The van der Waals surface area contributed by atoms with Gasteiger partial charge < -0.3 is 80.2 Å². The smallest absolute Gasteiger partial charge is 0.407 e. The highest BCUT2D eigenvalue weighted by atomic mass is 16.6. The molecule has 0 aliphatic heterocycles. The molecule has 0 bridgehead atoms. The van der Waals surface area contributed by atoms with Gasteiger partial charge >= 0.3 is 6.09 Å². The van der Waals surface area contributed by atoms with E-state index in [1.165, 1.54) is 64.4 Å². The molecule has 578 valence electrons. The van der Waals surface area contributed by atoms with Gasteiger partial charge in [-0.05, 0) is 160 Å². The minimum absolute atomic E-state index is 0.0147. The van der Waals surface area contributed by atoms with E-state index >= 15 is 0 Å². The lowest BCUT2D eigenvalue weighted by Gasteiger charge is -2.58. The van der Waals surface area contributed by atoms with Gasteiger partial charge in [-0.25, -0.2) is 4.79 Å². The van der Waals surface area contributed by atoms with Crippen molar-refractivity contribution in [3.63, 3.8) is 0 Å². The Hall–Kier alpha value is -9.04. The van der Waals surface area contributed by atoms with Gasteiger partial charge in [0.2, 0.25) is 47.3 Å². The number of hydrogen-bond donors (Lipinski definition) is 14. The van der Waals surface area contributed by atoms with E-state index < -0.39 is 95.5 Å². The summed E-state index contributed by atoms with van der Waals surface area (Å²) < 4.78 is 5.98. The first-order valence-electron chi connectivity index (χ1n) is 38.4. The number of nitrogens with two attached hydrogens (primary N) is 3. The molecule has 0 unspecified atom stereocenters. The van der Waals surface area contributed by atoms with Crippen molar-refractivity contribution >= 4 is 82.3 Å². The maximum atomic E-state index is 14.7. The van der Waals surface area contributed by atoms with Crippen molar-refractivity contribution in [1.29, 1.82) is 0 Å². The number of aliphatic imine (C=N–C) groups is 1. The highest BCUT2D eigenvalue weighted by Gasteiger charge is 2.59. The molecule has 105 heavy (non-hydrogen) atoms. The second-order valence-electron chi connectivity index (χ2n) is 30.5. The quantitative estimate of drug-likeness (QED) is 0.00997. The number of rotatable bonds is 42. The Morgan fingerprint density at radius 2 is 1.29 bits per heavy atom. The average molecular weight is 1460 g/mol. The van der Waals surface area contributed by atoms with Crippen LogP contribution in [0.2, 0.25) is 0 Å². The van der Waals surface area contributed by atoms with Crippen LogP contribution in [0.5, 0.6) is 0 Å². The van der Waals surface area contributed by atoms with Gasteiger partial charge in [0, 0.05) is 69.5 Å². The lowest BCUT2D eigenvalue weighted by Crippen LogP contribution is -2.59. The fraction of sp³-hybridized carbons (Fsp3) is 0.641. The number of hydrogen-bond acceptors (Lipinski definition) is 14. The molecule has 4 aliphatic rings. The van der Waals surface area contributed by atoms with Crippen molar-refractivity contribution < 1.29 is 52.7 Å². The number of fused-ring (bicyclic) bond motifs is 6. The highest BCUT2D eigenvalue weighted by molar-refractivity contribution is 6.26. The Labute approximate surface area is 619 Å². The van der Waals surface area contributed by atoms with E-state index in [0.717, 1.165) is 78.8 Å². The van der Waals surface area contributed by atoms with Crippen LogP contribution in [0.25, 0.3) is 10.9 Å². The van der Waals surface area contributed by atoms with Crippen LogP contribution >= 0.6 is 0 Å². The Morgan fingerprint density at radius 1 is 0.638 bits per heavy atom. The zero-order chi connectivity index (χ0) is 76.2. The number of aromatic nitrogens is 1. The molecule has 17 N–H and O–H groups in total. The highest BCUT2D eigenvalue weighted by Crippen LogP contribution is 2.67. The number of guanidine groups is 1. The second kappa shape index (κ2) is 41.0. The van der Waals surface area contributed by atoms with Gasteiger partial charge in [0.15, 0.2) is 5.96 Å². The van der Waals surface area contributed by atoms with Gasteiger partial charge in [0.1, 0.15) is 55.1 Å². The number of carbonyl (C=O) groups is 10. The van der Waals surface area contributed by atoms with Gasteiger partial charge in [-0.1, -0.05) is 134 Å². The van der Waals surface area contributed by atoms with E-state index in [1.54, 1.807) is 36.5 Å². The fourth-order valence-corrected chi connectivity index (χ4v) is 16.7. The third-order valence-corrected chi connectivity index (χ3v) is 22.4. The number of aromatic amines is 1. The van der Waals surface area contributed by atoms with Gasteiger partial charge in [-0.2, -0.15) is 5.10 Å². The van der Waals surface area contributed by atoms with Crippen molar-refractivity contribution in [2.24, 2.45) is 73.6 Å². The van der Waals surface area contributed by atoms with Gasteiger partial charge in [0.25, 0.3) is 5.91 Å². The molecular weight excluding hydrogens is 1340 g/mol. The SMILES string of the molecule is CCCC[C@H](NC(C)=O)C(=O)N[C@@H](C)C(=O)N[C@@H](CCCCNC(=O)CN/N=C/C(=O)NCCCNC(=O)O[C@H]1CC[C@@]2(C)C(=CC[C@H]3[C@@H]4CC[C@H]([C@H](C)CCCC(C)C)[C@@]4(C)CC[C@@H]32)C1)C(=O)N[C@H](Cc1ccccc1)C(=O)N[C@@H](CCCN=C(N)N)C(=O)N[C@@H](Cc1c[nH]c2ccccc12)C(N)=O. The molecule has 4 aliphatic carbocycles. The van der Waals surface area contributed by atoms with Crippen molar-refractivity contribution in [3.05, 3.63) is 83.6 Å². The van der Waals surface area contributed by atoms with Crippen LogP contribution in [0.3, 0.4) is 0 Å². The number of nitrogens with zero attached hydrogens (tertiary/aromatic N) is 2. The third-order valence-electron chi connectivity index (χ3n) is 22.4. The number of nitrogens with one attached hydrogen (secondary N) is 11. The predicted octanol–water partition coefficient (Wildman–Crippen LogP) is 6.14. The molecule has 3 aromatic rings. The normalized spacial score (nSPS) is 22.3. The molecule has 3 saturated carbocycles. The number of amides is 10. The Balaban J connectivity index is 0.875. The summed E-state index contributed by atoms with van der Waals surface area (Å²) in [6.45, 7) is 17.4. The van der Waals surface area contributed by atoms with E-state index in [2.05, 4.69) is 109 Å². The number of para-hydroxylation sites is 1. The molecular formula is C78H120N16O11. The summed E-state index contributed by atoms with van der Waals surface area (Å²) in [5, 5.41) is 29.3. The number of ether oxygens (including phenoxy) is 1. The maximum absolute atomic E-state index is 14.7. The number of allylic oxidation sites excluding steroid dienone is 1. The standard InChI is InChI=1S/C78H120N16O11/c1-9-10-26-62(90-51(6)95)71(100)89-50(5)70(99)91-63(73(102)94-66(42-52-23-12-11-13-24-52)74(103)92-64(29-19-39-84-75(80)81)72(101)93-65(69(79)98)43-53-45-86-61-27-15-14-25-56(53)61)28-16-17-38-82-67(96)46-87-88-47-68(97)83-40-20-41-85-76(104)105-55-34-36-77(7)54(44-55)30-31-57-59-33-32-58(49(4)22-18-21-48(2)3)78(59,8)37-35-60(57)77/h11-15,23-25,27,30,45,47-50,55,57-60,62-66,86-87H,9-10,16-22,26,28-29,31-44,46H2,1-8H3,(H2,79,98)(H,82,96)(H,83,97)(H,85,104)(H,89,100)(H,90,95)(H,91,99)(H,92,103)(H,93,101)(H,94,102)(H4,80,81,84)/b88-47+/t49-,50+,55+,57+,58-,59+,60+,62+,63+,64+,65+,66-,77+,78-/m1/s1. The number of H-pyrrole nitrogens is 1. The first-order valence-corrected chi connectivity index (χ1v) is 38.4. The van der Waals surface area contributed by atoms with Crippen LogP contribution in [0.4, 0.5) is 4.79 Å². The Bertz CT molecular complexity index is 3500. The zero-order valence-electron chi connectivity index (χ0n) is 63.1. The Morgan fingerprint density at radius 3 is 2.00 bits per heavy atom. The van der Waals surface area contributed by atoms with Crippen LogP contribution in [-0.2, 0) is 60.7 Å². The topological polar surface area (TPSA) is 419 Å². The summed E-state index contributed by atoms with van der Waals surface area (Å²) >= 11 is 0. The number of primary amides is 1. The second-order valence-corrected chi connectivity index (χ2v) is 30.5. The minimum Gasteiger partial charge on any atom is -0.446 e. The lowest BCUT2D eigenvalue weighted by molar-refractivity contribution is -0.135. The summed E-state index contributed by atoms with van der Waals surface area (Å²) in [6, 6.07) is 8.88. The van der Waals surface area contributed by atoms with Gasteiger partial charge in [0.05, 0.1) is 0 Å². The average Bonchev–Trinajstić information content (AvgIpc) is 1.67. The largest absolute Gasteiger partial charge is 0.446 e. The Kier molecular flexibility index (Phi) is 32.5. The molecule has 0 radical (unpaired) electrons. The van der Waals surface area contributed by atoms with Gasteiger partial charge in [-0.3, -0.25) is 48.1 Å². The molecule has 10 amide bonds. The molecule has 1 aromatic heterocycles. The minimum atomic E-state index is -1.36. The molecule has 3 fully saturated rings. The van der Waals surface area contributed by atoms with Crippen LogP contribution in [0.1, 0.15) is 195 Å². The van der Waals surface area contributed by atoms with Crippen molar-refractivity contribution in [2.45, 2.75) is 239 Å². The number of hydrazone groups is 1. The monoisotopic (exact) mass is 1460 g/mol. The molecule has 7 rings (SSSR count). The maximum Gasteiger partial charge on any atom is 0.407 e. The number of carbonyl (C=O) groups excluding carboxylic acids is 10. The fourth-order valence-electron chi connectivity index (χ4n) is 16.7. The molecule has 1 heterocycles. The summed E-state index contributed by atoms with van der Waals surface area (Å²) in [6.07, 6.45) is 20.5. The third kappa shape index (κ3) is 25.1. The van der Waals surface area contributed by atoms with Crippen molar-refractivity contribution in [1.82, 2.24) is 58.3 Å². The van der Waals surface area contributed by atoms with Crippen LogP contribution in [0.15, 0.2) is 82.5 Å². The molecule has 27 heteroatoms. The zero-order valence-corrected chi connectivity index (χ0v) is 63.1. The molecule has 0 saturated heterocycles. The van der Waals surface area contributed by atoms with E-state index in [9.17, 15) is 47.9 Å². The van der Waals surface area contributed by atoms with E-state index in [0.29, 0.717) is 54.7 Å². The van der Waals surface area contributed by atoms with E-state index in [1.807, 2.05) is 31.2 Å². The van der Waals surface area contributed by atoms with Crippen LogP contribution in [0, 0.1) is 46.3 Å². The van der Waals surface area contributed by atoms with E-state index in [-0.39, 0.29) is 82.2 Å². The van der Waals surface area contributed by atoms with Crippen molar-refractivity contribution in [3.8, 4) is 0 Å². The predicted molar refractivity (Wildman–Crippen MR) is 406 cm³/mol. The summed E-state index contributed by atoms with van der Waals surface area (Å²) in [5.41, 5.74) is 23.8. The molecule has 0 spiro atoms. The van der Waals surface area contributed by atoms with Crippen LogP contribution in [-0.4, -0.2) is 151 Å². The first-order chi connectivity index (χ1) is 50.2. The molecule has 14 atom stereocenters. The van der Waals surface area contributed by atoms with Crippen molar-refractivity contribution in [2.75, 3.05) is 32.7 Å². The summed E-state index contributed by atoms with van der Waals surface area (Å²) in [7, 11) is 0. The summed E-state index contributed by atoms with van der Waals surface area (Å²) in [4.78, 5) is 142. The lowest BCUT2D eigenvalue weighted by atomic mass is 9.47. The number of benzene rings is 2. The van der Waals surface area contributed by atoms with E-state index in [4.69, 9.17) is 21.9 Å². The number of unbranched alkanes of at least 4 members (excludes halogenated alkanes) is 2. The van der Waals surface area contributed by atoms with Crippen LogP contribution < -0.4 is 70.5 Å². The molecule has 2 aromatic carbocycles. The van der Waals surface area contributed by atoms with Gasteiger partial charge in [-0.15, -0.1) is 0 Å². The molecule has 27 nitrogen and oxygen atoms in total.